The van der Waals surface area contributed by atoms with Crippen LogP contribution in [0.15, 0.2) is 18.5 Å². The Kier molecular flexibility index (Phi) is 32.1. The fraction of sp³-hybridized carbons (Fsp3) is 0.810. The van der Waals surface area contributed by atoms with Crippen molar-refractivity contribution in [3.8, 4) is 0 Å². The molecule has 0 amide bonds. The zero-order valence-corrected chi connectivity index (χ0v) is 20.8. The largest absolute Gasteiger partial charge is 2.00 e. The van der Waals surface area contributed by atoms with Crippen LogP contribution in [0.25, 0.3) is 0 Å². The van der Waals surface area contributed by atoms with Crippen LogP contribution in [0.4, 0.5) is 0 Å². The summed E-state index contributed by atoms with van der Waals surface area (Å²) in [4.78, 5) is 10.3. The van der Waals surface area contributed by atoms with E-state index in [1.54, 1.807) is 18.5 Å². The van der Waals surface area contributed by atoms with E-state index in [9.17, 15) is 4.79 Å². The minimum atomic E-state index is -0.653. The van der Waals surface area contributed by atoms with Crippen LogP contribution in [0.1, 0.15) is 110 Å². The van der Waals surface area contributed by atoms with Crippen molar-refractivity contribution in [1.82, 2.24) is 15.4 Å². The molecule has 1 aromatic heterocycles. The van der Waals surface area contributed by atoms with Crippen LogP contribution in [0.2, 0.25) is 0 Å². The van der Waals surface area contributed by atoms with Gasteiger partial charge in [0.25, 0.3) is 0 Å². The Bertz CT molecular complexity index is 371. The molecular formula is C21H39N3O3Zn. The molecule has 1 rings (SSSR count). The second kappa shape index (κ2) is 28.3. The number of hydrogen-bond acceptors (Lipinski definition) is 4. The molecule has 0 spiro atoms. The van der Waals surface area contributed by atoms with Gasteiger partial charge in [-0.1, -0.05) is 96.8 Å². The summed E-state index contributed by atoms with van der Waals surface area (Å²) < 4.78 is 0. The summed E-state index contributed by atoms with van der Waals surface area (Å²) in [5.41, 5.74) is 0. The maximum atomic E-state index is 10.3. The first-order valence-electron chi connectivity index (χ1n) is 10.6. The van der Waals surface area contributed by atoms with Crippen LogP contribution in [0.3, 0.4) is 0 Å². The number of carboxylic acids is 1. The fourth-order valence-electron chi connectivity index (χ4n) is 2.85. The van der Waals surface area contributed by atoms with Gasteiger partial charge in [0.1, 0.15) is 0 Å². The molecule has 0 saturated heterocycles. The van der Waals surface area contributed by atoms with E-state index < -0.39 is 5.97 Å². The Morgan fingerprint density at radius 2 is 1.07 bits per heavy atom. The molecule has 0 radical (unpaired) electrons. The number of carboxylic acid groups (broad SMARTS) is 1. The molecule has 1 aromatic rings. The molecule has 0 aromatic carbocycles. The van der Waals surface area contributed by atoms with Crippen molar-refractivity contribution in [1.29, 1.82) is 0 Å². The fourth-order valence-corrected chi connectivity index (χ4v) is 2.85. The number of carbonyl (C=O) groups is 1. The molecule has 1 N–H and O–H groups in total. The smallest absolute Gasteiger partial charge is 2.00 e. The van der Waals surface area contributed by atoms with Crippen LogP contribution < -0.4 is 0 Å². The van der Waals surface area contributed by atoms with E-state index in [2.05, 4.69) is 22.3 Å². The molecule has 28 heavy (non-hydrogen) atoms. The van der Waals surface area contributed by atoms with Crippen LogP contribution in [0.5, 0.6) is 0 Å². The average Bonchev–Trinajstić information content (AvgIpc) is 2.66. The molecule has 0 unspecified atom stereocenters. The summed E-state index contributed by atoms with van der Waals surface area (Å²) in [7, 11) is 0. The van der Waals surface area contributed by atoms with Crippen molar-refractivity contribution in [2.75, 3.05) is 0 Å². The monoisotopic (exact) mass is 445 g/mol. The van der Waals surface area contributed by atoms with E-state index >= 15 is 0 Å². The van der Waals surface area contributed by atoms with Crippen LogP contribution in [-0.4, -0.2) is 26.5 Å². The first kappa shape index (κ1) is 31.7. The molecule has 7 heteroatoms. The van der Waals surface area contributed by atoms with E-state index in [1.807, 2.05) is 0 Å². The van der Waals surface area contributed by atoms with E-state index in [-0.39, 0.29) is 25.0 Å². The maximum absolute atomic E-state index is 10.3. The molecule has 0 fully saturated rings. The summed E-state index contributed by atoms with van der Waals surface area (Å²) in [5, 5.41) is 18.6. The average molecular weight is 447 g/mol. The zero-order valence-electron chi connectivity index (χ0n) is 17.9. The third kappa shape index (κ3) is 29.8. The first-order valence-corrected chi connectivity index (χ1v) is 10.6. The number of rotatable bonds is 16. The summed E-state index contributed by atoms with van der Waals surface area (Å²) in [6.45, 7) is 2.27. The van der Waals surface area contributed by atoms with E-state index in [0.29, 0.717) is 6.42 Å². The van der Waals surface area contributed by atoms with Gasteiger partial charge in [-0.15, -0.1) is 10.2 Å². The topological polar surface area (TPSA) is 104 Å². The predicted octanol–water partition coefficient (Wildman–Crippen LogP) is 6.08. The molecule has 0 saturated carbocycles. The van der Waals surface area contributed by atoms with E-state index in [1.165, 1.54) is 83.5 Å². The molecule has 6 nitrogen and oxygen atoms in total. The third-order valence-corrected chi connectivity index (χ3v) is 4.40. The minimum absolute atomic E-state index is 0. The van der Waals surface area contributed by atoms with Gasteiger partial charge < -0.3 is 10.6 Å². The second-order valence-electron chi connectivity index (χ2n) is 6.90. The number of nitrogens with zero attached hydrogens (tertiary/aromatic N) is 3. The molecule has 0 atom stereocenters. The van der Waals surface area contributed by atoms with Gasteiger partial charge in [-0.3, -0.25) is 4.79 Å². The van der Waals surface area contributed by atoms with E-state index in [4.69, 9.17) is 5.11 Å². The van der Waals surface area contributed by atoms with Crippen LogP contribution >= 0.6 is 0 Å². The van der Waals surface area contributed by atoms with Crippen LogP contribution in [0, 0.1) is 0 Å². The maximum Gasteiger partial charge on any atom is 2.00 e. The molecule has 0 aliphatic rings. The van der Waals surface area contributed by atoms with E-state index in [0.717, 1.165) is 12.8 Å². The Hall–Kier alpha value is -0.937. The number of unbranched alkanes of at least 4 members (excludes halogenated alkanes) is 14. The molecule has 0 bridgehead atoms. The molecule has 0 aliphatic carbocycles. The van der Waals surface area contributed by atoms with Gasteiger partial charge in [0, 0.05) is 6.42 Å². The Morgan fingerprint density at radius 1 is 0.714 bits per heavy atom. The van der Waals surface area contributed by atoms with Gasteiger partial charge in [-0.2, -0.15) is 0 Å². The SMILES string of the molecule is CCCCCCCCCCCCCCCCCC(=O)O.[O-2].[Zn+2].c1cnnnc1. The second-order valence-corrected chi connectivity index (χ2v) is 6.90. The van der Waals surface area contributed by atoms with Crippen molar-refractivity contribution in [2.24, 2.45) is 0 Å². The van der Waals surface area contributed by atoms with Crippen molar-refractivity contribution >= 4 is 5.97 Å². The van der Waals surface area contributed by atoms with Crippen molar-refractivity contribution < 1.29 is 34.9 Å². The Balaban J connectivity index is -0.000000662. The van der Waals surface area contributed by atoms with Gasteiger partial charge in [0.15, 0.2) is 0 Å². The zero-order chi connectivity index (χ0) is 19.1. The normalized spacial score (nSPS) is 9.46. The standard InChI is InChI=1S/C18H36O2.C3H3N3.O.Zn/c1-2-3-4-5-6-7-8-9-10-11-12-13-14-15-16-17-18(19)20;1-2-4-6-5-3-1;;/h2-17H2,1H3,(H,19,20);1-3H;;/q;;-2;+2. The predicted molar refractivity (Wildman–Crippen MR) is 108 cm³/mol. The minimum Gasteiger partial charge on any atom is -2.00 e. The van der Waals surface area contributed by atoms with Gasteiger partial charge in [0.05, 0.1) is 12.4 Å². The summed E-state index contributed by atoms with van der Waals surface area (Å²) in [6.07, 6.45) is 23.4. The summed E-state index contributed by atoms with van der Waals surface area (Å²) in [6, 6.07) is 1.72. The Labute approximate surface area is 184 Å². The van der Waals surface area contributed by atoms with Crippen molar-refractivity contribution in [3.05, 3.63) is 18.5 Å². The van der Waals surface area contributed by atoms with Gasteiger partial charge in [-0.05, 0) is 17.7 Å². The number of aliphatic carboxylic acids is 1. The first-order chi connectivity index (χ1) is 12.8. The van der Waals surface area contributed by atoms with Crippen LogP contribution in [-0.2, 0) is 29.7 Å². The quantitative estimate of drug-likeness (QED) is 0.244. The van der Waals surface area contributed by atoms with Gasteiger partial charge in [-0.25, -0.2) is 0 Å². The summed E-state index contributed by atoms with van der Waals surface area (Å²) >= 11 is 0. The van der Waals surface area contributed by atoms with Crippen molar-refractivity contribution in [2.45, 2.75) is 110 Å². The van der Waals surface area contributed by atoms with Gasteiger partial charge >= 0.3 is 25.4 Å². The number of hydrogen-bond donors (Lipinski definition) is 1. The van der Waals surface area contributed by atoms with Crippen molar-refractivity contribution in [3.63, 3.8) is 0 Å². The Morgan fingerprint density at radius 3 is 1.32 bits per heavy atom. The number of aromatic nitrogens is 3. The van der Waals surface area contributed by atoms with Gasteiger partial charge in [0.2, 0.25) is 0 Å². The summed E-state index contributed by atoms with van der Waals surface area (Å²) in [5.74, 6) is -0.653. The molecule has 158 valence electrons. The molecule has 0 aliphatic heterocycles. The molecular weight excluding hydrogens is 408 g/mol. The molecule has 1 heterocycles. The third-order valence-electron chi connectivity index (χ3n) is 4.40.